The van der Waals surface area contributed by atoms with Crippen LogP contribution in [0.1, 0.15) is 26.3 Å². The number of hydrogen-bond donors (Lipinski definition) is 0. The van der Waals surface area contributed by atoms with Crippen LogP contribution in [0.3, 0.4) is 0 Å². The minimum atomic E-state index is -0.0453. The van der Waals surface area contributed by atoms with Crippen molar-refractivity contribution < 1.29 is 9.47 Å². The highest BCUT2D eigenvalue weighted by molar-refractivity contribution is 5.81. The van der Waals surface area contributed by atoms with Crippen LogP contribution in [0.25, 0.3) is 0 Å². The number of hydrogen-bond acceptors (Lipinski definition) is 3. The maximum atomic E-state index is 5.29. The summed E-state index contributed by atoms with van der Waals surface area (Å²) >= 11 is 0. The molecule has 0 aliphatic carbocycles. The minimum absolute atomic E-state index is 0.0453. The molecule has 1 aromatic carbocycles. The lowest BCUT2D eigenvalue weighted by atomic mass is 10.1. The molecule has 0 N–H and O–H groups in total. The summed E-state index contributed by atoms with van der Waals surface area (Å²) in [5, 5.41) is 0. The van der Waals surface area contributed by atoms with Gasteiger partial charge in [0.2, 0.25) is 6.79 Å². The van der Waals surface area contributed by atoms with Crippen molar-refractivity contribution in [1.29, 1.82) is 0 Å². The quantitative estimate of drug-likeness (QED) is 0.660. The van der Waals surface area contributed by atoms with E-state index in [0.29, 0.717) is 6.79 Å². The van der Waals surface area contributed by atoms with Gasteiger partial charge < -0.3 is 9.47 Å². The average molecular weight is 205 g/mol. The summed E-state index contributed by atoms with van der Waals surface area (Å²) in [6.45, 7) is 6.51. The summed E-state index contributed by atoms with van der Waals surface area (Å²) in [7, 11) is 0. The Morgan fingerprint density at radius 1 is 1.20 bits per heavy atom. The van der Waals surface area contributed by atoms with Crippen LogP contribution in [0, 0.1) is 0 Å². The molecule has 0 bridgehead atoms. The van der Waals surface area contributed by atoms with Crippen molar-refractivity contribution in [3.8, 4) is 11.5 Å². The Balaban J connectivity index is 2.20. The smallest absolute Gasteiger partial charge is 0.231 e. The van der Waals surface area contributed by atoms with E-state index in [-0.39, 0.29) is 5.54 Å². The van der Waals surface area contributed by atoms with Crippen molar-refractivity contribution in [2.24, 2.45) is 4.99 Å². The third-order valence-corrected chi connectivity index (χ3v) is 2.00. The van der Waals surface area contributed by atoms with E-state index in [4.69, 9.17) is 9.47 Å². The van der Waals surface area contributed by atoms with Gasteiger partial charge in [-0.05, 0) is 44.5 Å². The Morgan fingerprint density at radius 2 is 1.93 bits per heavy atom. The molecular formula is C12H15NO2. The maximum absolute atomic E-state index is 5.29. The molecule has 0 unspecified atom stereocenters. The van der Waals surface area contributed by atoms with E-state index in [1.807, 2.05) is 24.4 Å². The van der Waals surface area contributed by atoms with Crippen LogP contribution < -0.4 is 9.47 Å². The first-order valence-corrected chi connectivity index (χ1v) is 4.99. The second kappa shape index (κ2) is 3.57. The molecule has 0 amide bonds. The van der Waals surface area contributed by atoms with E-state index >= 15 is 0 Å². The van der Waals surface area contributed by atoms with E-state index in [2.05, 4.69) is 25.8 Å². The highest BCUT2D eigenvalue weighted by Crippen LogP contribution is 2.32. The van der Waals surface area contributed by atoms with Gasteiger partial charge in [0.25, 0.3) is 0 Å². The Hall–Kier alpha value is -1.51. The van der Waals surface area contributed by atoms with E-state index < -0.39 is 0 Å². The molecule has 1 aliphatic rings. The number of aliphatic imine (C=N–C) groups is 1. The zero-order valence-electron chi connectivity index (χ0n) is 9.28. The predicted molar refractivity (Wildman–Crippen MR) is 59.9 cm³/mol. The van der Waals surface area contributed by atoms with Crippen LogP contribution in [-0.2, 0) is 0 Å². The molecule has 0 atom stereocenters. The van der Waals surface area contributed by atoms with Gasteiger partial charge in [-0.1, -0.05) is 0 Å². The Kier molecular flexibility index (Phi) is 2.39. The highest BCUT2D eigenvalue weighted by Gasteiger charge is 2.12. The SMILES string of the molecule is CC(C)(C)N=Cc1ccc2c(c1)OCO2. The summed E-state index contributed by atoms with van der Waals surface area (Å²) in [5.41, 5.74) is 0.991. The highest BCUT2D eigenvalue weighted by atomic mass is 16.7. The number of fused-ring (bicyclic) bond motifs is 1. The van der Waals surface area contributed by atoms with Gasteiger partial charge in [-0.3, -0.25) is 4.99 Å². The zero-order valence-corrected chi connectivity index (χ0v) is 9.28. The second-order valence-corrected chi connectivity index (χ2v) is 4.54. The lowest BCUT2D eigenvalue weighted by Crippen LogP contribution is -2.09. The molecule has 0 fully saturated rings. The third-order valence-electron chi connectivity index (χ3n) is 2.00. The van der Waals surface area contributed by atoms with E-state index in [0.717, 1.165) is 17.1 Å². The monoisotopic (exact) mass is 205 g/mol. The molecule has 1 aromatic rings. The van der Waals surface area contributed by atoms with Crippen molar-refractivity contribution in [3.05, 3.63) is 23.8 Å². The largest absolute Gasteiger partial charge is 0.454 e. The van der Waals surface area contributed by atoms with Crippen LogP contribution in [0.2, 0.25) is 0 Å². The van der Waals surface area contributed by atoms with Gasteiger partial charge >= 0.3 is 0 Å². The van der Waals surface area contributed by atoms with Crippen molar-refractivity contribution in [3.63, 3.8) is 0 Å². The van der Waals surface area contributed by atoms with Crippen LogP contribution in [-0.4, -0.2) is 18.5 Å². The van der Waals surface area contributed by atoms with Crippen molar-refractivity contribution >= 4 is 6.21 Å². The lowest BCUT2D eigenvalue weighted by molar-refractivity contribution is 0.174. The molecule has 2 rings (SSSR count). The Labute approximate surface area is 89.7 Å². The van der Waals surface area contributed by atoms with Crippen LogP contribution in [0.15, 0.2) is 23.2 Å². The van der Waals surface area contributed by atoms with Gasteiger partial charge in [-0.2, -0.15) is 0 Å². The molecule has 3 nitrogen and oxygen atoms in total. The Morgan fingerprint density at radius 3 is 2.67 bits per heavy atom. The first kappa shape index (κ1) is 10.0. The fourth-order valence-corrected chi connectivity index (χ4v) is 1.26. The number of benzene rings is 1. The molecule has 0 spiro atoms. The molecule has 1 aliphatic heterocycles. The Bertz CT molecular complexity index is 391. The lowest BCUT2D eigenvalue weighted by Gasteiger charge is -2.10. The zero-order chi connectivity index (χ0) is 10.9. The molecular weight excluding hydrogens is 190 g/mol. The number of nitrogens with zero attached hydrogens (tertiary/aromatic N) is 1. The molecule has 1 heterocycles. The normalized spacial score (nSPS) is 14.9. The fraction of sp³-hybridized carbons (Fsp3) is 0.417. The molecule has 0 radical (unpaired) electrons. The van der Waals surface area contributed by atoms with E-state index in [1.54, 1.807) is 0 Å². The topological polar surface area (TPSA) is 30.8 Å². The van der Waals surface area contributed by atoms with Gasteiger partial charge in [0.1, 0.15) is 0 Å². The number of ether oxygens (including phenoxy) is 2. The van der Waals surface area contributed by atoms with Crippen LogP contribution in [0.4, 0.5) is 0 Å². The third kappa shape index (κ3) is 2.49. The van der Waals surface area contributed by atoms with Gasteiger partial charge in [0.05, 0.1) is 5.54 Å². The number of rotatable bonds is 1. The molecule has 0 aromatic heterocycles. The van der Waals surface area contributed by atoms with Crippen LogP contribution >= 0.6 is 0 Å². The predicted octanol–water partition coefficient (Wildman–Crippen LogP) is 2.63. The van der Waals surface area contributed by atoms with Crippen molar-refractivity contribution in [2.45, 2.75) is 26.3 Å². The van der Waals surface area contributed by atoms with Gasteiger partial charge in [-0.25, -0.2) is 0 Å². The van der Waals surface area contributed by atoms with E-state index in [9.17, 15) is 0 Å². The van der Waals surface area contributed by atoms with Gasteiger partial charge in [-0.15, -0.1) is 0 Å². The molecule has 0 saturated heterocycles. The standard InChI is InChI=1S/C12H15NO2/c1-12(2,3)13-7-9-4-5-10-11(6-9)15-8-14-10/h4-7H,8H2,1-3H3. The first-order chi connectivity index (χ1) is 7.04. The minimum Gasteiger partial charge on any atom is -0.454 e. The summed E-state index contributed by atoms with van der Waals surface area (Å²) in [6.07, 6.45) is 1.86. The van der Waals surface area contributed by atoms with E-state index in [1.165, 1.54) is 0 Å². The maximum Gasteiger partial charge on any atom is 0.231 e. The summed E-state index contributed by atoms with van der Waals surface area (Å²) in [6, 6.07) is 5.83. The molecule has 15 heavy (non-hydrogen) atoms. The van der Waals surface area contributed by atoms with Crippen molar-refractivity contribution in [1.82, 2.24) is 0 Å². The average Bonchev–Trinajstić information content (AvgIpc) is 2.60. The first-order valence-electron chi connectivity index (χ1n) is 4.99. The molecule has 80 valence electrons. The molecule has 3 heteroatoms. The van der Waals surface area contributed by atoms with Crippen LogP contribution in [0.5, 0.6) is 11.5 Å². The molecule has 0 saturated carbocycles. The summed E-state index contributed by atoms with van der Waals surface area (Å²) < 4.78 is 10.5. The summed E-state index contributed by atoms with van der Waals surface area (Å²) in [4.78, 5) is 4.43. The fourth-order valence-electron chi connectivity index (χ4n) is 1.26. The van der Waals surface area contributed by atoms with Crippen molar-refractivity contribution in [2.75, 3.05) is 6.79 Å². The second-order valence-electron chi connectivity index (χ2n) is 4.54. The van der Waals surface area contributed by atoms with Gasteiger partial charge in [0, 0.05) is 6.21 Å². The van der Waals surface area contributed by atoms with Gasteiger partial charge in [0.15, 0.2) is 11.5 Å². The summed E-state index contributed by atoms with van der Waals surface area (Å²) in [5.74, 6) is 1.61.